The Morgan fingerprint density at radius 1 is 1.41 bits per heavy atom. The summed E-state index contributed by atoms with van der Waals surface area (Å²) in [6.07, 6.45) is 1.52. The molecule has 17 heavy (non-hydrogen) atoms. The zero-order chi connectivity index (χ0) is 12.3. The van der Waals surface area contributed by atoms with Gasteiger partial charge in [0.15, 0.2) is 0 Å². The van der Waals surface area contributed by atoms with Crippen molar-refractivity contribution in [1.29, 1.82) is 0 Å². The molecule has 1 aliphatic heterocycles. The number of benzene rings is 1. The van der Waals surface area contributed by atoms with Crippen molar-refractivity contribution < 1.29 is 4.79 Å². The van der Waals surface area contributed by atoms with E-state index in [1.54, 1.807) is 0 Å². The highest BCUT2D eigenvalue weighted by Gasteiger charge is 2.19. The molecule has 1 heterocycles. The van der Waals surface area contributed by atoms with E-state index in [0.717, 1.165) is 18.0 Å². The smallest absolute Gasteiger partial charge is 0.220 e. The van der Waals surface area contributed by atoms with Gasteiger partial charge in [-0.3, -0.25) is 4.79 Å². The van der Waals surface area contributed by atoms with Gasteiger partial charge in [-0.2, -0.15) is 0 Å². The van der Waals surface area contributed by atoms with Gasteiger partial charge in [0.05, 0.1) is 0 Å². The number of hydrogen-bond acceptors (Lipinski definition) is 2. The molecule has 1 aromatic rings. The van der Waals surface area contributed by atoms with Crippen molar-refractivity contribution in [2.75, 3.05) is 6.54 Å². The number of carbonyl (C=O) groups excluding carboxylic acids is 1. The van der Waals surface area contributed by atoms with Crippen LogP contribution in [0.1, 0.15) is 31.4 Å². The molecule has 0 aliphatic carbocycles. The maximum atomic E-state index is 11.0. The molecule has 0 aromatic heterocycles. The summed E-state index contributed by atoms with van der Waals surface area (Å²) >= 11 is 5.86. The standard InChI is InChI=1S/C13H17ClN2O/c1-9(10-2-4-11(14)5-3-10)16-12-6-7-13(17)15-8-12/h2-5,9,12,16H,6-8H2,1H3,(H,15,17). The van der Waals surface area contributed by atoms with Gasteiger partial charge in [0.25, 0.3) is 0 Å². The van der Waals surface area contributed by atoms with Gasteiger partial charge >= 0.3 is 0 Å². The summed E-state index contributed by atoms with van der Waals surface area (Å²) in [6, 6.07) is 8.49. The monoisotopic (exact) mass is 252 g/mol. The normalized spacial score (nSPS) is 22.0. The fourth-order valence-electron chi connectivity index (χ4n) is 2.08. The van der Waals surface area contributed by atoms with E-state index in [1.807, 2.05) is 24.3 Å². The van der Waals surface area contributed by atoms with Crippen LogP contribution >= 0.6 is 11.6 Å². The predicted octanol–water partition coefficient (Wildman–Crippen LogP) is 2.27. The van der Waals surface area contributed by atoms with Gasteiger partial charge in [0.2, 0.25) is 5.91 Å². The third kappa shape index (κ3) is 3.45. The maximum absolute atomic E-state index is 11.0. The highest BCUT2D eigenvalue weighted by molar-refractivity contribution is 6.30. The van der Waals surface area contributed by atoms with Crippen LogP contribution in [0.25, 0.3) is 0 Å². The van der Waals surface area contributed by atoms with Crippen LogP contribution in [-0.4, -0.2) is 18.5 Å². The molecule has 1 amide bonds. The van der Waals surface area contributed by atoms with Gasteiger partial charge < -0.3 is 10.6 Å². The van der Waals surface area contributed by atoms with E-state index in [2.05, 4.69) is 17.6 Å². The van der Waals surface area contributed by atoms with E-state index in [-0.39, 0.29) is 11.9 Å². The molecule has 1 fully saturated rings. The maximum Gasteiger partial charge on any atom is 0.220 e. The van der Waals surface area contributed by atoms with Crippen molar-refractivity contribution in [1.82, 2.24) is 10.6 Å². The quantitative estimate of drug-likeness (QED) is 0.867. The SMILES string of the molecule is CC(NC1CCC(=O)NC1)c1ccc(Cl)cc1. The fourth-order valence-corrected chi connectivity index (χ4v) is 2.20. The van der Waals surface area contributed by atoms with Crippen molar-refractivity contribution in [2.45, 2.75) is 31.8 Å². The van der Waals surface area contributed by atoms with Crippen molar-refractivity contribution in [2.24, 2.45) is 0 Å². The minimum Gasteiger partial charge on any atom is -0.355 e. The molecule has 4 heteroatoms. The number of amides is 1. The van der Waals surface area contributed by atoms with E-state index >= 15 is 0 Å². The summed E-state index contributed by atoms with van der Waals surface area (Å²) < 4.78 is 0. The summed E-state index contributed by atoms with van der Waals surface area (Å²) in [5, 5.41) is 7.15. The predicted molar refractivity (Wildman–Crippen MR) is 69.0 cm³/mol. The van der Waals surface area contributed by atoms with Crippen LogP contribution < -0.4 is 10.6 Å². The topological polar surface area (TPSA) is 41.1 Å². The molecule has 2 atom stereocenters. The Balaban J connectivity index is 1.90. The van der Waals surface area contributed by atoms with E-state index in [9.17, 15) is 4.79 Å². The van der Waals surface area contributed by atoms with Gasteiger partial charge in [-0.05, 0) is 31.0 Å². The number of piperidine rings is 1. The Labute approximate surface area is 107 Å². The number of halogens is 1. The van der Waals surface area contributed by atoms with Crippen molar-refractivity contribution >= 4 is 17.5 Å². The average Bonchev–Trinajstić information content (AvgIpc) is 2.33. The largest absolute Gasteiger partial charge is 0.355 e. The Hall–Kier alpha value is -1.06. The molecule has 0 saturated carbocycles. The third-order valence-corrected chi connectivity index (χ3v) is 3.37. The van der Waals surface area contributed by atoms with Crippen LogP contribution in [0.5, 0.6) is 0 Å². The first-order valence-corrected chi connectivity index (χ1v) is 6.31. The average molecular weight is 253 g/mol. The van der Waals surface area contributed by atoms with E-state index in [0.29, 0.717) is 12.5 Å². The summed E-state index contributed by atoms with van der Waals surface area (Å²) in [4.78, 5) is 11.0. The van der Waals surface area contributed by atoms with Gasteiger partial charge in [0.1, 0.15) is 0 Å². The molecule has 92 valence electrons. The Morgan fingerprint density at radius 3 is 2.71 bits per heavy atom. The van der Waals surface area contributed by atoms with Crippen molar-refractivity contribution in [3.63, 3.8) is 0 Å². The molecule has 0 radical (unpaired) electrons. The first kappa shape index (κ1) is 12.4. The van der Waals surface area contributed by atoms with E-state index in [1.165, 1.54) is 5.56 Å². The summed E-state index contributed by atoms with van der Waals surface area (Å²) in [7, 11) is 0. The van der Waals surface area contributed by atoms with Gasteiger partial charge in [-0.15, -0.1) is 0 Å². The second-order valence-electron chi connectivity index (χ2n) is 4.48. The van der Waals surface area contributed by atoms with Crippen LogP contribution in [0.2, 0.25) is 5.02 Å². The van der Waals surface area contributed by atoms with Gasteiger partial charge in [-0.1, -0.05) is 23.7 Å². The Morgan fingerprint density at radius 2 is 2.12 bits per heavy atom. The Bertz CT molecular complexity index is 381. The zero-order valence-electron chi connectivity index (χ0n) is 9.87. The number of carbonyl (C=O) groups is 1. The first-order chi connectivity index (χ1) is 8.15. The number of rotatable bonds is 3. The molecule has 2 unspecified atom stereocenters. The molecule has 0 bridgehead atoms. The van der Waals surface area contributed by atoms with E-state index in [4.69, 9.17) is 11.6 Å². The number of nitrogens with one attached hydrogen (secondary N) is 2. The molecule has 0 spiro atoms. The first-order valence-electron chi connectivity index (χ1n) is 5.93. The summed E-state index contributed by atoms with van der Waals surface area (Å²) in [5.41, 5.74) is 1.21. The van der Waals surface area contributed by atoms with Crippen molar-refractivity contribution in [3.8, 4) is 0 Å². The molecular formula is C13H17ClN2O. The highest BCUT2D eigenvalue weighted by Crippen LogP contribution is 2.17. The zero-order valence-corrected chi connectivity index (χ0v) is 10.6. The fraction of sp³-hybridized carbons (Fsp3) is 0.462. The molecule has 3 nitrogen and oxygen atoms in total. The van der Waals surface area contributed by atoms with Gasteiger partial charge in [0, 0.05) is 30.1 Å². The lowest BCUT2D eigenvalue weighted by Gasteiger charge is -2.27. The lowest BCUT2D eigenvalue weighted by Crippen LogP contribution is -2.46. The van der Waals surface area contributed by atoms with Crippen LogP contribution in [0, 0.1) is 0 Å². The molecule has 2 rings (SSSR count). The van der Waals surface area contributed by atoms with Crippen LogP contribution in [0.3, 0.4) is 0 Å². The highest BCUT2D eigenvalue weighted by atomic mass is 35.5. The van der Waals surface area contributed by atoms with Crippen LogP contribution in [0.15, 0.2) is 24.3 Å². The summed E-state index contributed by atoms with van der Waals surface area (Å²) in [6.45, 7) is 2.84. The Kier molecular flexibility index (Phi) is 4.02. The minimum atomic E-state index is 0.155. The van der Waals surface area contributed by atoms with E-state index < -0.39 is 0 Å². The van der Waals surface area contributed by atoms with Crippen LogP contribution in [-0.2, 0) is 4.79 Å². The minimum absolute atomic E-state index is 0.155. The second kappa shape index (κ2) is 5.52. The molecule has 1 saturated heterocycles. The van der Waals surface area contributed by atoms with Gasteiger partial charge in [-0.25, -0.2) is 0 Å². The molecular weight excluding hydrogens is 236 g/mol. The number of hydrogen-bond donors (Lipinski definition) is 2. The molecule has 2 N–H and O–H groups in total. The third-order valence-electron chi connectivity index (χ3n) is 3.12. The summed E-state index contributed by atoms with van der Waals surface area (Å²) in [5.74, 6) is 0.155. The second-order valence-corrected chi connectivity index (χ2v) is 4.92. The lowest BCUT2D eigenvalue weighted by atomic mass is 10.0. The van der Waals surface area contributed by atoms with Crippen LogP contribution in [0.4, 0.5) is 0 Å². The molecule has 1 aliphatic rings. The lowest BCUT2D eigenvalue weighted by molar-refractivity contribution is -0.122. The molecule has 1 aromatic carbocycles. The van der Waals surface area contributed by atoms with Crippen molar-refractivity contribution in [3.05, 3.63) is 34.9 Å².